The lowest BCUT2D eigenvalue weighted by atomic mass is 10.1. The van der Waals surface area contributed by atoms with Crippen molar-refractivity contribution >= 4 is 28.5 Å². The number of halogens is 1. The standard InChI is InChI=1S/C12H12ClNO2/c1-7-10(13)4-3-9-8(5-11(15)16)6-14(2)12(7)9/h3-4,6H,5H2,1-2H3,(H,15,16). The predicted molar refractivity (Wildman–Crippen MR) is 64.0 cm³/mol. The second-order valence-corrected chi connectivity index (χ2v) is 4.31. The normalized spacial score (nSPS) is 10.9. The van der Waals surface area contributed by atoms with Gasteiger partial charge in [0.25, 0.3) is 0 Å². The van der Waals surface area contributed by atoms with Crippen molar-refractivity contribution in [3.05, 3.63) is 34.5 Å². The first kappa shape index (κ1) is 11.0. The fourth-order valence-corrected chi connectivity index (χ4v) is 2.21. The summed E-state index contributed by atoms with van der Waals surface area (Å²) in [6.07, 6.45) is 1.89. The van der Waals surface area contributed by atoms with Gasteiger partial charge in [-0.25, -0.2) is 0 Å². The molecule has 0 bridgehead atoms. The van der Waals surface area contributed by atoms with Crippen LogP contribution < -0.4 is 0 Å². The molecule has 4 heteroatoms. The molecule has 3 nitrogen and oxygen atoms in total. The topological polar surface area (TPSA) is 42.2 Å². The first-order chi connectivity index (χ1) is 7.50. The van der Waals surface area contributed by atoms with E-state index >= 15 is 0 Å². The smallest absolute Gasteiger partial charge is 0.307 e. The van der Waals surface area contributed by atoms with Gasteiger partial charge in [0, 0.05) is 23.7 Å². The van der Waals surface area contributed by atoms with Crippen molar-refractivity contribution in [3.8, 4) is 0 Å². The number of fused-ring (bicyclic) bond motifs is 1. The molecule has 0 unspecified atom stereocenters. The Morgan fingerprint density at radius 3 is 2.81 bits per heavy atom. The van der Waals surface area contributed by atoms with Crippen LogP contribution in [0.4, 0.5) is 0 Å². The summed E-state index contributed by atoms with van der Waals surface area (Å²) in [5, 5.41) is 10.5. The number of aliphatic carboxylic acids is 1. The molecule has 0 aliphatic heterocycles. The van der Waals surface area contributed by atoms with Crippen molar-refractivity contribution < 1.29 is 9.90 Å². The van der Waals surface area contributed by atoms with Crippen LogP contribution >= 0.6 is 11.6 Å². The van der Waals surface area contributed by atoms with Crippen molar-refractivity contribution in [2.45, 2.75) is 13.3 Å². The molecule has 2 rings (SSSR count). The summed E-state index contributed by atoms with van der Waals surface area (Å²) in [4.78, 5) is 10.7. The van der Waals surface area contributed by atoms with Gasteiger partial charge in [0.05, 0.1) is 11.9 Å². The molecule has 0 saturated carbocycles. The second-order valence-electron chi connectivity index (χ2n) is 3.90. The fourth-order valence-electron chi connectivity index (χ4n) is 2.06. The van der Waals surface area contributed by atoms with E-state index in [1.807, 2.05) is 36.9 Å². The van der Waals surface area contributed by atoms with Crippen LogP contribution in [0.25, 0.3) is 10.9 Å². The number of carbonyl (C=O) groups is 1. The molecule has 1 N–H and O–H groups in total. The number of nitrogens with zero attached hydrogens (tertiary/aromatic N) is 1. The number of aromatic nitrogens is 1. The van der Waals surface area contributed by atoms with Crippen molar-refractivity contribution in [2.75, 3.05) is 0 Å². The van der Waals surface area contributed by atoms with Gasteiger partial charge >= 0.3 is 5.97 Å². The lowest BCUT2D eigenvalue weighted by Gasteiger charge is -2.03. The van der Waals surface area contributed by atoms with Gasteiger partial charge in [-0.05, 0) is 24.1 Å². The van der Waals surface area contributed by atoms with E-state index in [1.54, 1.807) is 0 Å². The summed E-state index contributed by atoms with van der Waals surface area (Å²) in [7, 11) is 1.90. The van der Waals surface area contributed by atoms with E-state index in [0.717, 1.165) is 22.0 Å². The van der Waals surface area contributed by atoms with Crippen LogP contribution in [-0.2, 0) is 18.3 Å². The van der Waals surface area contributed by atoms with E-state index in [-0.39, 0.29) is 6.42 Å². The zero-order valence-corrected chi connectivity index (χ0v) is 9.88. The highest BCUT2D eigenvalue weighted by atomic mass is 35.5. The highest BCUT2D eigenvalue weighted by Crippen LogP contribution is 2.28. The Hall–Kier alpha value is -1.48. The average molecular weight is 238 g/mol. The van der Waals surface area contributed by atoms with E-state index < -0.39 is 5.97 Å². The van der Waals surface area contributed by atoms with Gasteiger partial charge in [-0.3, -0.25) is 4.79 Å². The molecule has 1 aromatic heterocycles. The first-order valence-corrected chi connectivity index (χ1v) is 5.33. The summed E-state index contributed by atoms with van der Waals surface area (Å²) in [5.74, 6) is -0.819. The van der Waals surface area contributed by atoms with Crippen molar-refractivity contribution in [3.63, 3.8) is 0 Å². The molecule has 0 aliphatic rings. The number of hydrogen-bond acceptors (Lipinski definition) is 1. The Labute approximate surface area is 98.3 Å². The van der Waals surface area contributed by atoms with Gasteiger partial charge in [-0.2, -0.15) is 0 Å². The number of carboxylic acids is 1. The highest BCUT2D eigenvalue weighted by molar-refractivity contribution is 6.32. The molecule has 0 atom stereocenters. The van der Waals surface area contributed by atoms with E-state index in [4.69, 9.17) is 16.7 Å². The Bertz CT molecular complexity index is 572. The Balaban J connectivity index is 2.72. The summed E-state index contributed by atoms with van der Waals surface area (Å²) in [6, 6.07) is 3.69. The van der Waals surface area contributed by atoms with Crippen LogP contribution in [0.2, 0.25) is 5.02 Å². The maximum absolute atomic E-state index is 10.7. The van der Waals surface area contributed by atoms with Gasteiger partial charge in [0.1, 0.15) is 0 Å². The largest absolute Gasteiger partial charge is 0.481 e. The van der Waals surface area contributed by atoms with E-state index in [1.165, 1.54) is 0 Å². The van der Waals surface area contributed by atoms with Crippen molar-refractivity contribution in [1.29, 1.82) is 0 Å². The van der Waals surface area contributed by atoms with Gasteiger partial charge in [-0.1, -0.05) is 17.7 Å². The minimum atomic E-state index is -0.819. The van der Waals surface area contributed by atoms with Crippen LogP contribution in [-0.4, -0.2) is 15.6 Å². The zero-order chi connectivity index (χ0) is 11.9. The third-order valence-electron chi connectivity index (χ3n) is 2.75. The Morgan fingerprint density at radius 2 is 2.19 bits per heavy atom. The molecule has 1 aromatic carbocycles. The maximum Gasteiger partial charge on any atom is 0.307 e. The summed E-state index contributed by atoms with van der Waals surface area (Å²) < 4.78 is 1.93. The molecular formula is C12H12ClNO2. The monoisotopic (exact) mass is 237 g/mol. The van der Waals surface area contributed by atoms with Crippen LogP contribution in [0, 0.1) is 6.92 Å². The van der Waals surface area contributed by atoms with Crippen LogP contribution in [0.5, 0.6) is 0 Å². The lowest BCUT2D eigenvalue weighted by Crippen LogP contribution is -1.98. The quantitative estimate of drug-likeness (QED) is 0.873. The molecule has 84 valence electrons. The molecule has 0 fully saturated rings. The van der Waals surface area contributed by atoms with Gasteiger partial charge < -0.3 is 9.67 Å². The van der Waals surface area contributed by atoms with Gasteiger partial charge in [0.15, 0.2) is 0 Å². The molecule has 0 aliphatic carbocycles. The molecule has 1 heterocycles. The maximum atomic E-state index is 10.7. The number of rotatable bonds is 2. The van der Waals surface area contributed by atoms with E-state index in [0.29, 0.717) is 5.02 Å². The summed E-state index contributed by atoms with van der Waals surface area (Å²) >= 11 is 6.04. The molecule has 2 aromatic rings. The van der Waals surface area contributed by atoms with Crippen LogP contribution in [0.3, 0.4) is 0 Å². The number of benzene rings is 1. The summed E-state index contributed by atoms with van der Waals surface area (Å²) in [5.41, 5.74) is 2.81. The Kier molecular flexibility index (Phi) is 2.64. The number of aryl methyl sites for hydroxylation is 2. The molecule has 0 amide bonds. The lowest BCUT2D eigenvalue weighted by molar-refractivity contribution is -0.136. The average Bonchev–Trinajstić information content (AvgIpc) is 2.49. The Morgan fingerprint density at radius 1 is 1.50 bits per heavy atom. The molecule has 0 spiro atoms. The molecular weight excluding hydrogens is 226 g/mol. The predicted octanol–water partition coefficient (Wildman–Crippen LogP) is 2.77. The summed E-state index contributed by atoms with van der Waals surface area (Å²) in [6.45, 7) is 1.94. The van der Waals surface area contributed by atoms with Crippen molar-refractivity contribution in [1.82, 2.24) is 4.57 Å². The van der Waals surface area contributed by atoms with Crippen LogP contribution in [0.1, 0.15) is 11.1 Å². The molecule has 0 radical (unpaired) electrons. The number of hydrogen-bond donors (Lipinski definition) is 1. The van der Waals surface area contributed by atoms with E-state index in [2.05, 4.69) is 0 Å². The zero-order valence-electron chi connectivity index (χ0n) is 9.12. The van der Waals surface area contributed by atoms with Gasteiger partial charge in [-0.15, -0.1) is 0 Å². The SMILES string of the molecule is Cc1c(Cl)ccc2c(CC(=O)O)cn(C)c12. The van der Waals surface area contributed by atoms with E-state index in [9.17, 15) is 4.79 Å². The first-order valence-electron chi connectivity index (χ1n) is 4.95. The van der Waals surface area contributed by atoms with Crippen molar-refractivity contribution in [2.24, 2.45) is 7.05 Å². The molecule has 16 heavy (non-hydrogen) atoms. The van der Waals surface area contributed by atoms with Crippen LogP contribution in [0.15, 0.2) is 18.3 Å². The highest BCUT2D eigenvalue weighted by Gasteiger charge is 2.12. The third-order valence-corrected chi connectivity index (χ3v) is 3.16. The fraction of sp³-hybridized carbons (Fsp3) is 0.250. The second kappa shape index (κ2) is 3.83. The minimum absolute atomic E-state index is 0.0401. The molecule has 0 saturated heterocycles. The number of carboxylic acid groups (broad SMARTS) is 1. The third kappa shape index (κ3) is 1.67. The van der Waals surface area contributed by atoms with Gasteiger partial charge in [0.2, 0.25) is 0 Å². The minimum Gasteiger partial charge on any atom is -0.481 e.